The quantitative estimate of drug-likeness (QED) is 0.0772. The summed E-state index contributed by atoms with van der Waals surface area (Å²) in [5.74, 6) is 0.444. The average molecular weight is 657 g/mol. The van der Waals surface area contributed by atoms with Gasteiger partial charge in [0.25, 0.3) is 0 Å². The number of nitrogens with zero attached hydrogens (tertiary/aromatic N) is 2. The first-order valence-electron chi connectivity index (χ1n) is 21.1. The SMILES string of the molecule is CCCCCCCCCCCCCCCCCCCN1C=CN(CCCCCCCC)C1(Cc1ccccc1)C(CC)c1ccccc1. The van der Waals surface area contributed by atoms with Crippen molar-refractivity contribution in [2.75, 3.05) is 13.1 Å². The summed E-state index contributed by atoms with van der Waals surface area (Å²) in [5, 5.41) is 0. The molecule has 3 rings (SSSR count). The Morgan fingerprint density at radius 2 is 0.792 bits per heavy atom. The zero-order valence-corrected chi connectivity index (χ0v) is 32.0. The Morgan fingerprint density at radius 1 is 0.438 bits per heavy atom. The minimum atomic E-state index is -0.0596. The molecule has 2 aromatic carbocycles. The summed E-state index contributed by atoms with van der Waals surface area (Å²) in [6.45, 7) is 9.34. The Hall–Kier alpha value is -2.22. The van der Waals surface area contributed by atoms with Crippen LogP contribution in [-0.4, -0.2) is 28.6 Å². The van der Waals surface area contributed by atoms with E-state index in [1.807, 2.05) is 0 Å². The fourth-order valence-corrected chi connectivity index (χ4v) is 8.33. The smallest absolute Gasteiger partial charge is 0.123 e. The van der Waals surface area contributed by atoms with E-state index in [1.54, 1.807) is 0 Å². The highest BCUT2D eigenvalue weighted by molar-refractivity contribution is 5.30. The molecule has 0 aliphatic carbocycles. The van der Waals surface area contributed by atoms with Gasteiger partial charge in [0.15, 0.2) is 0 Å². The fraction of sp³-hybridized carbons (Fsp3) is 0.696. The minimum Gasteiger partial charge on any atom is -0.353 e. The molecule has 2 unspecified atom stereocenters. The monoisotopic (exact) mass is 657 g/mol. The molecule has 1 aliphatic heterocycles. The van der Waals surface area contributed by atoms with Crippen molar-refractivity contribution in [3.8, 4) is 0 Å². The number of hydrogen-bond acceptors (Lipinski definition) is 2. The van der Waals surface area contributed by atoms with E-state index in [2.05, 4.69) is 104 Å². The molecule has 0 N–H and O–H groups in total. The molecule has 0 amide bonds. The predicted molar refractivity (Wildman–Crippen MR) is 212 cm³/mol. The molecule has 1 heterocycles. The summed E-state index contributed by atoms with van der Waals surface area (Å²) < 4.78 is 0. The standard InChI is InChI=1S/C46H76N2/c1-4-7-9-11-13-14-15-16-17-18-19-20-21-22-23-25-33-39-48-41-40-47(38-32-24-12-10-8-5-2)46(48,42-43-34-28-26-29-35-43)45(6-3)44-36-30-27-31-37-44/h26-31,34-37,40-41,45H,4-25,32-33,38-39,42H2,1-3H3. The largest absolute Gasteiger partial charge is 0.353 e. The average Bonchev–Trinajstić information content (AvgIpc) is 3.45. The third kappa shape index (κ3) is 14.3. The van der Waals surface area contributed by atoms with Crippen LogP contribution in [0.4, 0.5) is 0 Å². The van der Waals surface area contributed by atoms with E-state index in [0.717, 1.165) is 25.9 Å². The second-order valence-electron chi connectivity index (χ2n) is 15.0. The Balaban J connectivity index is 1.50. The maximum Gasteiger partial charge on any atom is 0.123 e. The highest BCUT2D eigenvalue weighted by atomic mass is 15.4. The zero-order chi connectivity index (χ0) is 34.0. The van der Waals surface area contributed by atoms with Gasteiger partial charge < -0.3 is 9.80 Å². The predicted octanol–water partition coefficient (Wildman–Crippen LogP) is 14.2. The van der Waals surface area contributed by atoms with Gasteiger partial charge in [-0.05, 0) is 30.4 Å². The maximum atomic E-state index is 2.78. The number of unbranched alkanes of at least 4 members (excludes halogenated alkanes) is 21. The summed E-state index contributed by atoms with van der Waals surface area (Å²) >= 11 is 0. The van der Waals surface area contributed by atoms with E-state index in [0.29, 0.717) is 5.92 Å². The molecule has 0 radical (unpaired) electrons. The molecule has 1 aliphatic rings. The normalized spacial score (nSPS) is 16.6. The third-order valence-electron chi connectivity index (χ3n) is 11.2. The molecule has 0 saturated carbocycles. The van der Waals surface area contributed by atoms with Crippen LogP contribution < -0.4 is 0 Å². The van der Waals surface area contributed by atoms with Crippen LogP contribution >= 0.6 is 0 Å². The van der Waals surface area contributed by atoms with Crippen LogP contribution in [0.25, 0.3) is 0 Å². The van der Waals surface area contributed by atoms with E-state index in [9.17, 15) is 0 Å². The first-order valence-corrected chi connectivity index (χ1v) is 21.1. The molecular weight excluding hydrogens is 581 g/mol. The van der Waals surface area contributed by atoms with Crippen molar-refractivity contribution in [3.63, 3.8) is 0 Å². The molecule has 48 heavy (non-hydrogen) atoms. The van der Waals surface area contributed by atoms with Crippen molar-refractivity contribution in [1.82, 2.24) is 9.80 Å². The highest BCUT2D eigenvalue weighted by Gasteiger charge is 2.49. The van der Waals surface area contributed by atoms with Crippen LogP contribution in [0.1, 0.15) is 192 Å². The molecule has 0 aromatic heterocycles. The molecule has 0 fully saturated rings. The van der Waals surface area contributed by atoms with Gasteiger partial charge in [-0.3, -0.25) is 0 Å². The van der Waals surface area contributed by atoms with Gasteiger partial charge in [-0.15, -0.1) is 0 Å². The van der Waals surface area contributed by atoms with E-state index < -0.39 is 0 Å². The Bertz CT molecular complexity index is 1030. The minimum absolute atomic E-state index is 0.0596. The molecule has 2 heteroatoms. The van der Waals surface area contributed by atoms with Gasteiger partial charge in [-0.25, -0.2) is 0 Å². The van der Waals surface area contributed by atoms with Gasteiger partial charge in [0.1, 0.15) is 5.66 Å². The third-order valence-corrected chi connectivity index (χ3v) is 11.2. The van der Waals surface area contributed by atoms with Gasteiger partial charge in [0, 0.05) is 37.8 Å². The number of hydrogen-bond donors (Lipinski definition) is 0. The van der Waals surface area contributed by atoms with E-state index in [-0.39, 0.29) is 5.66 Å². The second-order valence-corrected chi connectivity index (χ2v) is 15.0. The van der Waals surface area contributed by atoms with Gasteiger partial charge in [0.05, 0.1) is 0 Å². The molecule has 0 spiro atoms. The molecular formula is C46H76N2. The van der Waals surface area contributed by atoms with E-state index in [4.69, 9.17) is 0 Å². The lowest BCUT2D eigenvalue weighted by Crippen LogP contribution is -2.59. The lowest BCUT2D eigenvalue weighted by atomic mass is 9.78. The molecule has 2 nitrogen and oxygen atoms in total. The molecule has 2 aromatic rings. The summed E-state index contributed by atoms with van der Waals surface area (Å²) in [4.78, 5) is 5.55. The Labute approximate surface area is 299 Å². The van der Waals surface area contributed by atoms with Crippen LogP contribution in [-0.2, 0) is 6.42 Å². The Kier molecular flexibility index (Phi) is 21.5. The lowest BCUT2D eigenvalue weighted by molar-refractivity contribution is -0.00378. The van der Waals surface area contributed by atoms with Crippen molar-refractivity contribution < 1.29 is 0 Å². The highest BCUT2D eigenvalue weighted by Crippen LogP contribution is 2.45. The molecule has 2 atom stereocenters. The second kappa shape index (κ2) is 25.7. The zero-order valence-electron chi connectivity index (χ0n) is 32.0. The molecule has 270 valence electrons. The maximum absolute atomic E-state index is 2.78. The summed E-state index contributed by atoms with van der Waals surface area (Å²) in [5.41, 5.74) is 2.88. The van der Waals surface area contributed by atoms with Crippen molar-refractivity contribution in [1.29, 1.82) is 0 Å². The van der Waals surface area contributed by atoms with Crippen LogP contribution in [0, 0.1) is 0 Å². The van der Waals surface area contributed by atoms with Crippen LogP contribution in [0.2, 0.25) is 0 Å². The van der Waals surface area contributed by atoms with Gasteiger partial charge in [-0.1, -0.05) is 216 Å². The first kappa shape index (κ1) is 40.2. The summed E-state index contributed by atoms with van der Waals surface area (Å²) in [7, 11) is 0. The van der Waals surface area contributed by atoms with Crippen molar-refractivity contribution in [3.05, 3.63) is 84.2 Å². The Morgan fingerprint density at radius 3 is 1.17 bits per heavy atom. The lowest BCUT2D eigenvalue weighted by Gasteiger charge is -2.51. The van der Waals surface area contributed by atoms with Gasteiger partial charge in [0.2, 0.25) is 0 Å². The van der Waals surface area contributed by atoms with Crippen LogP contribution in [0.15, 0.2) is 73.1 Å². The van der Waals surface area contributed by atoms with Crippen LogP contribution in [0.3, 0.4) is 0 Å². The van der Waals surface area contributed by atoms with Crippen molar-refractivity contribution in [2.24, 2.45) is 0 Å². The molecule has 0 bridgehead atoms. The number of rotatable bonds is 30. The van der Waals surface area contributed by atoms with E-state index in [1.165, 1.54) is 159 Å². The number of benzene rings is 2. The van der Waals surface area contributed by atoms with Crippen molar-refractivity contribution in [2.45, 2.75) is 193 Å². The van der Waals surface area contributed by atoms with Gasteiger partial charge in [-0.2, -0.15) is 0 Å². The topological polar surface area (TPSA) is 6.48 Å². The summed E-state index contributed by atoms with van der Waals surface area (Å²) in [6, 6.07) is 22.8. The van der Waals surface area contributed by atoms with Gasteiger partial charge >= 0.3 is 0 Å². The van der Waals surface area contributed by atoms with Crippen LogP contribution in [0.5, 0.6) is 0 Å². The summed E-state index contributed by atoms with van der Waals surface area (Å²) in [6.07, 6.45) is 39.4. The van der Waals surface area contributed by atoms with E-state index >= 15 is 0 Å². The molecule has 0 saturated heterocycles. The first-order chi connectivity index (χ1) is 23.8. The van der Waals surface area contributed by atoms with Crippen molar-refractivity contribution >= 4 is 0 Å². The fourth-order valence-electron chi connectivity index (χ4n) is 8.33.